The highest BCUT2D eigenvalue weighted by atomic mass is 16.7. The minimum absolute atomic E-state index is 0.174. The van der Waals surface area contributed by atoms with Crippen molar-refractivity contribution in [2.45, 2.75) is 51.4 Å². The minimum atomic E-state index is -0.327. The van der Waals surface area contributed by atoms with Crippen molar-refractivity contribution in [3.05, 3.63) is 0 Å². The largest absolute Gasteiger partial charge is 0.353 e. The Morgan fingerprint density at radius 3 is 3.00 bits per heavy atom. The summed E-state index contributed by atoms with van der Waals surface area (Å²) >= 11 is 0. The van der Waals surface area contributed by atoms with Crippen molar-refractivity contribution in [2.75, 3.05) is 13.3 Å². The first-order chi connectivity index (χ1) is 7.14. The van der Waals surface area contributed by atoms with Gasteiger partial charge in [0.1, 0.15) is 12.5 Å². The van der Waals surface area contributed by atoms with E-state index in [0.29, 0.717) is 13.2 Å². The molecule has 0 saturated carbocycles. The number of hydrogen-bond acceptors (Lipinski definition) is 3. The van der Waals surface area contributed by atoms with Crippen molar-refractivity contribution in [3.8, 4) is 0 Å². The summed E-state index contributed by atoms with van der Waals surface area (Å²) in [5.41, 5.74) is -0.327. The van der Waals surface area contributed by atoms with Gasteiger partial charge in [0.05, 0.1) is 6.10 Å². The van der Waals surface area contributed by atoms with Gasteiger partial charge in [-0.25, -0.2) is 0 Å². The maximum absolute atomic E-state index is 11.6. The van der Waals surface area contributed by atoms with Gasteiger partial charge >= 0.3 is 0 Å². The fraction of sp³-hybridized carbons (Fsp3) is 0.909. The first-order valence-electron chi connectivity index (χ1n) is 5.70. The molecule has 1 amide bonds. The second-order valence-electron chi connectivity index (χ2n) is 4.57. The van der Waals surface area contributed by atoms with Crippen LogP contribution in [0.25, 0.3) is 0 Å². The number of carbonyl (C=O) groups is 1. The highest BCUT2D eigenvalue weighted by molar-refractivity contribution is 5.79. The van der Waals surface area contributed by atoms with E-state index < -0.39 is 0 Å². The molecule has 15 heavy (non-hydrogen) atoms. The molecule has 0 aliphatic carbocycles. The van der Waals surface area contributed by atoms with E-state index in [1.54, 1.807) is 0 Å². The second kappa shape index (κ2) is 4.10. The molecule has 0 spiro atoms. The molecule has 0 aromatic carbocycles. The van der Waals surface area contributed by atoms with E-state index in [-0.39, 0.29) is 17.7 Å². The van der Waals surface area contributed by atoms with Crippen LogP contribution < -0.4 is 0 Å². The molecule has 0 bridgehead atoms. The number of fused-ring (bicyclic) bond motifs is 1. The van der Waals surface area contributed by atoms with Crippen molar-refractivity contribution in [1.82, 2.24) is 4.90 Å². The maximum Gasteiger partial charge on any atom is 0.225 e. The van der Waals surface area contributed by atoms with E-state index in [0.717, 1.165) is 25.8 Å². The van der Waals surface area contributed by atoms with Gasteiger partial charge in [-0.3, -0.25) is 4.79 Å². The van der Waals surface area contributed by atoms with Gasteiger partial charge < -0.3 is 14.4 Å². The molecule has 2 aliphatic heterocycles. The SMILES string of the molecule is CC(C)OCOC12CCCN1C(=O)CC2. The van der Waals surface area contributed by atoms with Crippen LogP contribution in [0.3, 0.4) is 0 Å². The van der Waals surface area contributed by atoms with Gasteiger partial charge in [-0.15, -0.1) is 0 Å². The van der Waals surface area contributed by atoms with Crippen LogP contribution in [-0.2, 0) is 14.3 Å². The molecule has 2 rings (SSSR count). The monoisotopic (exact) mass is 213 g/mol. The third kappa shape index (κ3) is 2.01. The quantitative estimate of drug-likeness (QED) is 0.664. The molecule has 2 fully saturated rings. The van der Waals surface area contributed by atoms with Gasteiger partial charge in [0.25, 0.3) is 0 Å². The molecule has 86 valence electrons. The molecule has 1 unspecified atom stereocenters. The summed E-state index contributed by atoms with van der Waals surface area (Å²) in [7, 11) is 0. The Kier molecular flexibility index (Phi) is 2.98. The van der Waals surface area contributed by atoms with Gasteiger partial charge in [0, 0.05) is 19.4 Å². The topological polar surface area (TPSA) is 38.8 Å². The van der Waals surface area contributed by atoms with Crippen LogP contribution in [-0.4, -0.2) is 36.0 Å². The Labute approximate surface area is 90.5 Å². The zero-order valence-electron chi connectivity index (χ0n) is 9.49. The average Bonchev–Trinajstić information content (AvgIpc) is 2.68. The Morgan fingerprint density at radius 1 is 1.47 bits per heavy atom. The summed E-state index contributed by atoms with van der Waals surface area (Å²) in [5.74, 6) is 0.233. The second-order valence-corrected chi connectivity index (χ2v) is 4.57. The van der Waals surface area contributed by atoms with Crippen LogP contribution in [0.2, 0.25) is 0 Å². The third-order valence-corrected chi connectivity index (χ3v) is 3.20. The van der Waals surface area contributed by atoms with Gasteiger partial charge in [-0.05, 0) is 26.7 Å². The molecule has 0 aromatic heterocycles. The summed E-state index contributed by atoms with van der Waals surface area (Å²) in [6, 6.07) is 0. The smallest absolute Gasteiger partial charge is 0.225 e. The van der Waals surface area contributed by atoms with Crippen LogP contribution in [0.1, 0.15) is 39.5 Å². The summed E-state index contributed by atoms with van der Waals surface area (Å²) in [4.78, 5) is 13.4. The van der Waals surface area contributed by atoms with E-state index in [1.807, 2.05) is 18.7 Å². The Bertz CT molecular complexity index is 254. The van der Waals surface area contributed by atoms with Gasteiger partial charge in [-0.1, -0.05) is 0 Å². The summed E-state index contributed by atoms with van der Waals surface area (Å²) < 4.78 is 11.2. The predicted octanol–water partition coefficient (Wildman–Crippen LogP) is 1.50. The zero-order valence-corrected chi connectivity index (χ0v) is 9.49. The van der Waals surface area contributed by atoms with Crippen LogP contribution >= 0.6 is 0 Å². The summed E-state index contributed by atoms with van der Waals surface area (Å²) in [6.07, 6.45) is 3.64. The fourth-order valence-corrected chi connectivity index (χ4v) is 2.40. The molecular formula is C11H19NO3. The molecule has 2 aliphatic rings. The van der Waals surface area contributed by atoms with Gasteiger partial charge in [0.15, 0.2) is 0 Å². The first-order valence-corrected chi connectivity index (χ1v) is 5.70. The van der Waals surface area contributed by atoms with Gasteiger partial charge in [-0.2, -0.15) is 0 Å². The van der Waals surface area contributed by atoms with Crippen molar-refractivity contribution in [2.24, 2.45) is 0 Å². The molecule has 1 atom stereocenters. The molecule has 0 aromatic rings. The molecular weight excluding hydrogens is 194 g/mol. The van der Waals surface area contributed by atoms with Crippen LogP contribution in [0.5, 0.6) is 0 Å². The highest BCUT2D eigenvalue weighted by Crippen LogP contribution is 2.40. The van der Waals surface area contributed by atoms with E-state index >= 15 is 0 Å². The molecule has 4 nitrogen and oxygen atoms in total. The number of carbonyl (C=O) groups excluding carboxylic acids is 1. The number of ether oxygens (including phenoxy) is 2. The van der Waals surface area contributed by atoms with E-state index in [4.69, 9.17) is 9.47 Å². The minimum Gasteiger partial charge on any atom is -0.353 e. The van der Waals surface area contributed by atoms with E-state index in [1.165, 1.54) is 0 Å². The zero-order chi connectivity index (χ0) is 10.9. The van der Waals surface area contributed by atoms with Crippen molar-refractivity contribution in [1.29, 1.82) is 0 Å². The molecule has 2 heterocycles. The Morgan fingerprint density at radius 2 is 2.27 bits per heavy atom. The predicted molar refractivity (Wildman–Crippen MR) is 55.1 cm³/mol. The molecule has 0 radical (unpaired) electrons. The molecule has 4 heteroatoms. The Hall–Kier alpha value is -0.610. The Balaban J connectivity index is 1.91. The fourth-order valence-electron chi connectivity index (χ4n) is 2.40. The number of nitrogens with zero attached hydrogens (tertiary/aromatic N) is 1. The normalized spacial score (nSPS) is 30.3. The van der Waals surface area contributed by atoms with Crippen LogP contribution in [0, 0.1) is 0 Å². The number of rotatable bonds is 4. The highest BCUT2D eigenvalue weighted by Gasteiger charge is 2.49. The lowest BCUT2D eigenvalue weighted by atomic mass is 10.1. The summed E-state index contributed by atoms with van der Waals surface area (Å²) in [6.45, 7) is 5.10. The van der Waals surface area contributed by atoms with Gasteiger partial charge in [0.2, 0.25) is 5.91 Å². The average molecular weight is 213 g/mol. The maximum atomic E-state index is 11.6. The first kappa shape index (κ1) is 10.9. The van der Waals surface area contributed by atoms with E-state index in [2.05, 4.69) is 0 Å². The van der Waals surface area contributed by atoms with Crippen molar-refractivity contribution < 1.29 is 14.3 Å². The standard InChI is InChI=1S/C11H19NO3/c1-9(2)14-8-15-11-5-3-7-12(11)10(13)4-6-11/h9H,3-8H2,1-2H3. The third-order valence-electron chi connectivity index (χ3n) is 3.20. The van der Waals surface area contributed by atoms with Crippen molar-refractivity contribution in [3.63, 3.8) is 0 Å². The van der Waals surface area contributed by atoms with Crippen molar-refractivity contribution >= 4 is 5.91 Å². The summed E-state index contributed by atoms with van der Waals surface area (Å²) in [5, 5.41) is 0. The van der Waals surface area contributed by atoms with E-state index in [9.17, 15) is 4.79 Å². The lowest BCUT2D eigenvalue weighted by Crippen LogP contribution is -2.43. The van der Waals surface area contributed by atoms with Crippen LogP contribution in [0.15, 0.2) is 0 Å². The number of amides is 1. The van der Waals surface area contributed by atoms with Crippen LogP contribution in [0.4, 0.5) is 0 Å². The molecule has 0 N–H and O–H groups in total. The lowest BCUT2D eigenvalue weighted by Gasteiger charge is -2.31. The molecule has 2 saturated heterocycles. The lowest BCUT2D eigenvalue weighted by molar-refractivity contribution is -0.195. The number of hydrogen-bond donors (Lipinski definition) is 0.